The molecule has 0 bridgehead atoms. The lowest BCUT2D eigenvalue weighted by molar-refractivity contribution is -0.119. The zero-order valence-electron chi connectivity index (χ0n) is 12.4. The number of aromatic nitrogens is 3. The van der Waals surface area contributed by atoms with E-state index >= 15 is 0 Å². The Morgan fingerprint density at radius 3 is 2.68 bits per heavy atom. The van der Waals surface area contributed by atoms with Crippen LogP contribution in [0.2, 0.25) is 10.2 Å². The molecule has 0 aliphatic heterocycles. The number of benzene rings is 1. The van der Waals surface area contributed by atoms with Gasteiger partial charge in [0.25, 0.3) is 5.91 Å². The SMILES string of the molecule is O=C(COC(=O)c1cnc(Cl)c(Cl)c1)Nc1ccc2[nH]c(=O)[nH]c2c1. The van der Waals surface area contributed by atoms with Crippen molar-refractivity contribution in [2.45, 2.75) is 0 Å². The number of fused-ring (bicyclic) bond motifs is 1. The van der Waals surface area contributed by atoms with Crippen LogP contribution in [0.15, 0.2) is 35.3 Å². The molecule has 0 aliphatic rings. The number of carbonyl (C=O) groups excluding carboxylic acids is 2. The maximum atomic E-state index is 11.9. The first-order chi connectivity index (χ1) is 11.9. The number of hydrogen-bond acceptors (Lipinski definition) is 5. The molecule has 8 nitrogen and oxygen atoms in total. The summed E-state index contributed by atoms with van der Waals surface area (Å²) in [5.74, 6) is -1.30. The molecule has 25 heavy (non-hydrogen) atoms. The van der Waals surface area contributed by atoms with Crippen LogP contribution >= 0.6 is 23.2 Å². The van der Waals surface area contributed by atoms with Gasteiger partial charge in [0, 0.05) is 11.9 Å². The second-order valence-corrected chi connectivity index (χ2v) is 5.73. The number of anilines is 1. The number of halogens is 2. The molecule has 128 valence electrons. The molecule has 0 fully saturated rings. The van der Waals surface area contributed by atoms with Gasteiger partial charge in [0.15, 0.2) is 6.61 Å². The van der Waals surface area contributed by atoms with Crippen LogP contribution < -0.4 is 11.0 Å². The van der Waals surface area contributed by atoms with E-state index in [-0.39, 0.29) is 21.4 Å². The molecule has 1 aromatic carbocycles. The van der Waals surface area contributed by atoms with Gasteiger partial charge in [0.2, 0.25) is 0 Å². The van der Waals surface area contributed by atoms with Crippen molar-refractivity contribution in [2.24, 2.45) is 0 Å². The summed E-state index contributed by atoms with van der Waals surface area (Å²) in [7, 11) is 0. The summed E-state index contributed by atoms with van der Waals surface area (Å²) in [5, 5.41) is 2.73. The fourth-order valence-electron chi connectivity index (χ4n) is 2.05. The minimum Gasteiger partial charge on any atom is -0.452 e. The van der Waals surface area contributed by atoms with Crippen molar-refractivity contribution in [1.29, 1.82) is 0 Å². The summed E-state index contributed by atoms with van der Waals surface area (Å²) >= 11 is 11.4. The molecule has 0 saturated heterocycles. The van der Waals surface area contributed by atoms with Crippen molar-refractivity contribution in [2.75, 3.05) is 11.9 Å². The van der Waals surface area contributed by atoms with Gasteiger partial charge in [0.1, 0.15) is 5.15 Å². The smallest absolute Gasteiger partial charge is 0.340 e. The average Bonchev–Trinajstić information content (AvgIpc) is 2.94. The minimum absolute atomic E-state index is 0.0640. The summed E-state index contributed by atoms with van der Waals surface area (Å²) in [5.41, 5.74) is 1.33. The molecule has 0 aliphatic carbocycles. The molecule has 3 N–H and O–H groups in total. The van der Waals surface area contributed by atoms with Crippen molar-refractivity contribution >= 4 is 51.8 Å². The van der Waals surface area contributed by atoms with Crippen LogP contribution in [0.25, 0.3) is 11.0 Å². The standard InChI is InChI=1S/C15H10Cl2N4O4/c16-9-3-7(5-18-13(9)17)14(23)25-6-12(22)19-8-1-2-10-11(4-8)21-15(24)20-10/h1-5H,6H2,(H,19,22)(H2,20,21,24). The molecule has 0 atom stereocenters. The highest BCUT2D eigenvalue weighted by Crippen LogP contribution is 2.20. The predicted octanol–water partition coefficient (Wildman–Crippen LogP) is 2.35. The van der Waals surface area contributed by atoms with Gasteiger partial charge < -0.3 is 20.0 Å². The van der Waals surface area contributed by atoms with Crippen LogP contribution in [0.5, 0.6) is 0 Å². The van der Waals surface area contributed by atoms with Gasteiger partial charge in [0.05, 0.1) is 21.6 Å². The van der Waals surface area contributed by atoms with Crippen LogP contribution in [-0.2, 0) is 9.53 Å². The quantitative estimate of drug-likeness (QED) is 0.474. The summed E-state index contributed by atoms with van der Waals surface area (Å²) in [6, 6.07) is 6.12. The zero-order valence-corrected chi connectivity index (χ0v) is 13.9. The van der Waals surface area contributed by atoms with E-state index in [2.05, 4.69) is 20.3 Å². The molecule has 3 aromatic rings. The van der Waals surface area contributed by atoms with E-state index in [0.717, 1.165) is 0 Å². The number of nitrogens with zero attached hydrogens (tertiary/aromatic N) is 1. The van der Waals surface area contributed by atoms with Gasteiger partial charge in [-0.25, -0.2) is 14.6 Å². The Labute approximate surface area is 150 Å². The third kappa shape index (κ3) is 3.98. The normalized spacial score (nSPS) is 10.6. The van der Waals surface area contributed by atoms with Gasteiger partial charge in [-0.05, 0) is 24.3 Å². The molecule has 0 spiro atoms. The van der Waals surface area contributed by atoms with E-state index in [4.69, 9.17) is 27.9 Å². The lowest BCUT2D eigenvalue weighted by Crippen LogP contribution is -2.21. The van der Waals surface area contributed by atoms with Crippen molar-refractivity contribution in [1.82, 2.24) is 15.0 Å². The Kier molecular flexibility index (Phi) is 4.73. The number of aromatic amines is 2. The number of amides is 1. The Balaban J connectivity index is 1.60. The summed E-state index contributed by atoms with van der Waals surface area (Å²) in [6.45, 7) is -0.499. The van der Waals surface area contributed by atoms with Crippen LogP contribution in [0, 0.1) is 0 Å². The highest BCUT2D eigenvalue weighted by Gasteiger charge is 2.13. The van der Waals surface area contributed by atoms with Gasteiger partial charge in [-0.2, -0.15) is 0 Å². The maximum Gasteiger partial charge on any atom is 0.340 e. The molecule has 3 rings (SSSR count). The third-order valence-corrected chi connectivity index (χ3v) is 3.85. The van der Waals surface area contributed by atoms with E-state index in [9.17, 15) is 14.4 Å². The molecule has 1 amide bonds. The molecule has 0 radical (unpaired) electrons. The Morgan fingerprint density at radius 2 is 1.92 bits per heavy atom. The largest absolute Gasteiger partial charge is 0.452 e. The fourth-order valence-corrected chi connectivity index (χ4v) is 2.32. The molecule has 2 aromatic heterocycles. The highest BCUT2D eigenvalue weighted by molar-refractivity contribution is 6.41. The number of imidazole rings is 1. The highest BCUT2D eigenvalue weighted by atomic mass is 35.5. The number of pyridine rings is 1. The summed E-state index contributed by atoms with van der Waals surface area (Å²) < 4.78 is 4.89. The monoisotopic (exact) mass is 380 g/mol. The van der Waals surface area contributed by atoms with Crippen molar-refractivity contribution in [3.63, 3.8) is 0 Å². The topological polar surface area (TPSA) is 117 Å². The van der Waals surface area contributed by atoms with E-state index in [1.807, 2.05) is 0 Å². The van der Waals surface area contributed by atoms with E-state index in [1.54, 1.807) is 18.2 Å². The second kappa shape index (κ2) is 6.96. The number of nitrogens with one attached hydrogen (secondary N) is 3. The van der Waals surface area contributed by atoms with Gasteiger partial charge in [-0.1, -0.05) is 23.2 Å². The van der Waals surface area contributed by atoms with Crippen LogP contribution in [0.4, 0.5) is 5.69 Å². The molecule has 2 heterocycles. The Bertz CT molecular complexity index is 1030. The number of esters is 1. The van der Waals surface area contributed by atoms with E-state index in [0.29, 0.717) is 16.7 Å². The maximum absolute atomic E-state index is 11.9. The predicted molar refractivity (Wildman–Crippen MR) is 92.1 cm³/mol. The van der Waals surface area contributed by atoms with Crippen LogP contribution in [-0.4, -0.2) is 33.4 Å². The number of rotatable bonds is 4. The van der Waals surface area contributed by atoms with E-state index in [1.165, 1.54) is 12.3 Å². The number of carbonyl (C=O) groups is 2. The first kappa shape index (κ1) is 17.0. The Morgan fingerprint density at radius 1 is 1.16 bits per heavy atom. The fraction of sp³-hybridized carbons (Fsp3) is 0.0667. The van der Waals surface area contributed by atoms with E-state index < -0.39 is 18.5 Å². The Hall–Kier alpha value is -2.84. The number of hydrogen-bond donors (Lipinski definition) is 3. The zero-order chi connectivity index (χ0) is 18.0. The number of ether oxygens (including phenoxy) is 1. The van der Waals surface area contributed by atoms with Crippen molar-refractivity contribution < 1.29 is 14.3 Å². The van der Waals surface area contributed by atoms with Crippen LogP contribution in [0.3, 0.4) is 0 Å². The number of H-pyrrole nitrogens is 2. The summed E-state index contributed by atoms with van der Waals surface area (Å²) in [6.07, 6.45) is 1.20. The molecular formula is C15H10Cl2N4O4. The third-order valence-electron chi connectivity index (χ3n) is 3.17. The van der Waals surface area contributed by atoms with Gasteiger partial charge in [-0.15, -0.1) is 0 Å². The first-order valence-corrected chi connectivity index (χ1v) is 7.68. The second-order valence-electron chi connectivity index (χ2n) is 4.96. The molecule has 0 unspecified atom stereocenters. The van der Waals surface area contributed by atoms with Gasteiger partial charge >= 0.3 is 11.7 Å². The van der Waals surface area contributed by atoms with Crippen molar-refractivity contribution in [3.8, 4) is 0 Å². The summed E-state index contributed by atoms with van der Waals surface area (Å²) in [4.78, 5) is 43.8. The molecule has 0 saturated carbocycles. The molecule has 10 heteroatoms. The molecular weight excluding hydrogens is 371 g/mol. The van der Waals surface area contributed by atoms with Gasteiger partial charge in [-0.3, -0.25) is 4.79 Å². The lowest BCUT2D eigenvalue weighted by Gasteiger charge is -2.07. The van der Waals surface area contributed by atoms with Crippen LogP contribution in [0.1, 0.15) is 10.4 Å². The minimum atomic E-state index is -0.758. The lowest BCUT2D eigenvalue weighted by atomic mass is 10.2. The van der Waals surface area contributed by atoms with Crippen molar-refractivity contribution in [3.05, 3.63) is 56.7 Å². The first-order valence-electron chi connectivity index (χ1n) is 6.92. The average molecular weight is 381 g/mol.